The molecular weight excluding hydrogens is 206 g/mol. The van der Waals surface area contributed by atoms with Crippen LogP contribution in [0.5, 0.6) is 0 Å². The molecule has 2 rings (SSSR count). The highest BCUT2D eigenvalue weighted by atomic mass is 16.5. The number of hydrogen-bond donors (Lipinski definition) is 1. The third-order valence-corrected chi connectivity index (χ3v) is 2.35. The van der Waals surface area contributed by atoms with Crippen molar-refractivity contribution >= 4 is 17.8 Å². The van der Waals surface area contributed by atoms with E-state index in [9.17, 15) is 9.90 Å². The summed E-state index contributed by atoms with van der Waals surface area (Å²) in [5.74, 6) is -0.214. The van der Waals surface area contributed by atoms with E-state index in [2.05, 4.69) is 4.99 Å². The predicted octanol–water partition coefficient (Wildman–Crippen LogP) is 1.83. The molecule has 1 aliphatic carbocycles. The van der Waals surface area contributed by atoms with Crippen molar-refractivity contribution in [2.75, 3.05) is 13.8 Å². The van der Waals surface area contributed by atoms with Gasteiger partial charge in [0.25, 0.3) is 0 Å². The number of rotatable bonds is 3. The van der Waals surface area contributed by atoms with Crippen molar-refractivity contribution in [3.8, 4) is 0 Å². The van der Waals surface area contributed by atoms with E-state index in [1.807, 2.05) is 0 Å². The number of allylic oxidation sites excluding steroid dienone is 1. The number of hydrogen-bond acceptors (Lipinski definition) is 4. The van der Waals surface area contributed by atoms with Gasteiger partial charge in [0.05, 0.1) is 5.57 Å². The highest BCUT2D eigenvalue weighted by molar-refractivity contribution is 6.30. The number of Topliss-reactive ketones (excluding diaryl/α,β-unsaturated/α-hetero) is 1. The Kier molecular flexibility index (Phi) is 2.83. The van der Waals surface area contributed by atoms with Crippen LogP contribution in [0.25, 0.3) is 5.76 Å². The third kappa shape index (κ3) is 1.63. The number of carbonyl (C=O) groups is 1. The third-order valence-electron chi connectivity index (χ3n) is 2.35. The van der Waals surface area contributed by atoms with E-state index in [0.717, 1.165) is 0 Å². The summed E-state index contributed by atoms with van der Waals surface area (Å²) in [4.78, 5) is 15.7. The second-order valence-electron chi connectivity index (χ2n) is 3.37. The van der Waals surface area contributed by atoms with Crippen LogP contribution >= 0.6 is 0 Å². The Bertz CT molecular complexity index is 489. The van der Waals surface area contributed by atoms with Crippen LogP contribution in [-0.4, -0.2) is 30.9 Å². The number of nitrogens with zero attached hydrogens (tertiary/aromatic N) is 1. The molecule has 0 bridgehead atoms. The van der Waals surface area contributed by atoms with Gasteiger partial charge in [-0.15, -0.1) is 0 Å². The van der Waals surface area contributed by atoms with Crippen molar-refractivity contribution in [3.63, 3.8) is 0 Å². The SMILES string of the molecule is COC/N=C/C1=C(O)c2ccccc2C1=O. The summed E-state index contributed by atoms with van der Waals surface area (Å²) in [7, 11) is 1.51. The van der Waals surface area contributed by atoms with E-state index in [4.69, 9.17) is 4.74 Å². The molecule has 4 heteroatoms. The molecule has 1 aliphatic rings. The van der Waals surface area contributed by atoms with Gasteiger partial charge in [0.15, 0.2) is 5.78 Å². The summed E-state index contributed by atoms with van der Waals surface area (Å²) >= 11 is 0. The summed E-state index contributed by atoms with van der Waals surface area (Å²) in [6, 6.07) is 6.93. The van der Waals surface area contributed by atoms with Crippen molar-refractivity contribution < 1.29 is 14.6 Å². The zero-order valence-electron chi connectivity index (χ0n) is 8.80. The molecule has 0 radical (unpaired) electrons. The molecule has 0 heterocycles. The van der Waals surface area contributed by atoms with Crippen molar-refractivity contribution in [2.45, 2.75) is 0 Å². The zero-order chi connectivity index (χ0) is 11.5. The Hall–Kier alpha value is -1.94. The predicted molar refractivity (Wildman–Crippen MR) is 60.7 cm³/mol. The molecular formula is C12H11NO3. The number of aliphatic hydroxyl groups excluding tert-OH is 1. The number of benzene rings is 1. The normalized spacial score (nSPS) is 14.9. The maximum absolute atomic E-state index is 11.9. The molecule has 0 spiro atoms. The lowest BCUT2D eigenvalue weighted by Crippen LogP contribution is -2.00. The van der Waals surface area contributed by atoms with Gasteiger partial charge in [-0.05, 0) is 0 Å². The van der Waals surface area contributed by atoms with Crippen LogP contribution < -0.4 is 0 Å². The van der Waals surface area contributed by atoms with Gasteiger partial charge in [-0.25, -0.2) is 0 Å². The van der Waals surface area contributed by atoms with Gasteiger partial charge in [-0.2, -0.15) is 0 Å². The molecule has 0 aliphatic heterocycles. The Balaban J connectivity index is 2.37. The number of ether oxygens (including phenoxy) is 1. The van der Waals surface area contributed by atoms with E-state index < -0.39 is 0 Å². The van der Waals surface area contributed by atoms with Crippen molar-refractivity contribution in [2.24, 2.45) is 4.99 Å². The van der Waals surface area contributed by atoms with Gasteiger partial charge in [-0.3, -0.25) is 9.79 Å². The van der Waals surface area contributed by atoms with Gasteiger partial charge < -0.3 is 9.84 Å². The molecule has 0 amide bonds. The standard InChI is InChI=1S/C12H11NO3/c1-16-7-13-6-10-11(14)8-4-2-3-5-9(8)12(10)15/h2-6,14H,7H2,1H3/b13-6+. The summed E-state index contributed by atoms with van der Waals surface area (Å²) in [5, 5.41) is 9.84. The number of aliphatic hydroxyl groups is 1. The van der Waals surface area contributed by atoms with Gasteiger partial charge >= 0.3 is 0 Å². The smallest absolute Gasteiger partial charge is 0.199 e. The molecule has 0 saturated heterocycles. The summed E-state index contributed by atoms with van der Waals surface area (Å²) in [6.07, 6.45) is 1.35. The van der Waals surface area contributed by atoms with E-state index in [1.54, 1.807) is 24.3 Å². The lowest BCUT2D eigenvalue weighted by atomic mass is 10.1. The molecule has 4 nitrogen and oxygen atoms in total. The maximum Gasteiger partial charge on any atom is 0.199 e. The number of methoxy groups -OCH3 is 1. The highest BCUT2D eigenvalue weighted by Gasteiger charge is 2.27. The zero-order valence-corrected chi connectivity index (χ0v) is 8.80. The van der Waals surface area contributed by atoms with Gasteiger partial charge in [-0.1, -0.05) is 24.3 Å². The monoisotopic (exact) mass is 217 g/mol. The topological polar surface area (TPSA) is 58.9 Å². The highest BCUT2D eigenvalue weighted by Crippen LogP contribution is 2.29. The number of fused-ring (bicyclic) bond motifs is 1. The first-order valence-corrected chi connectivity index (χ1v) is 4.82. The lowest BCUT2D eigenvalue weighted by Gasteiger charge is -1.95. The number of aliphatic imine (C=N–C) groups is 1. The van der Waals surface area contributed by atoms with Gasteiger partial charge in [0, 0.05) is 24.5 Å². The average molecular weight is 217 g/mol. The molecule has 1 aromatic carbocycles. The van der Waals surface area contributed by atoms with Crippen LogP contribution in [0.4, 0.5) is 0 Å². The average Bonchev–Trinajstić information content (AvgIpc) is 2.55. The fourth-order valence-electron chi connectivity index (χ4n) is 1.61. The summed E-state index contributed by atoms with van der Waals surface area (Å²) < 4.78 is 4.74. The molecule has 0 aromatic heterocycles. The fraction of sp³-hybridized carbons (Fsp3) is 0.167. The van der Waals surface area contributed by atoms with Crippen LogP contribution in [0.1, 0.15) is 15.9 Å². The molecule has 1 aromatic rings. The first-order chi connectivity index (χ1) is 7.75. The minimum absolute atomic E-state index is 0.0135. The van der Waals surface area contributed by atoms with Gasteiger partial charge in [0.1, 0.15) is 12.5 Å². The van der Waals surface area contributed by atoms with Crippen molar-refractivity contribution in [1.82, 2.24) is 0 Å². The van der Waals surface area contributed by atoms with E-state index in [1.165, 1.54) is 13.3 Å². The second-order valence-corrected chi connectivity index (χ2v) is 3.37. The van der Waals surface area contributed by atoms with Gasteiger partial charge in [0.2, 0.25) is 0 Å². The lowest BCUT2D eigenvalue weighted by molar-refractivity contribution is 0.104. The Morgan fingerprint density at radius 3 is 2.69 bits per heavy atom. The van der Waals surface area contributed by atoms with Crippen LogP contribution in [-0.2, 0) is 4.74 Å². The molecule has 0 fully saturated rings. The molecule has 82 valence electrons. The molecule has 0 unspecified atom stereocenters. The molecule has 1 N–H and O–H groups in total. The van der Waals surface area contributed by atoms with E-state index in [-0.39, 0.29) is 23.8 Å². The Morgan fingerprint density at radius 2 is 2.06 bits per heavy atom. The van der Waals surface area contributed by atoms with Crippen molar-refractivity contribution in [3.05, 3.63) is 41.0 Å². The first kappa shape index (κ1) is 10.6. The van der Waals surface area contributed by atoms with Crippen LogP contribution in [0.15, 0.2) is 34.8 Å². The van der Waals surface area contributed by atoms with Crippen LogP contribution in [0, 0.1) is 0 Å². The van der Waals surface area contributed by atoms with E-state index >= 15 is 0 Å². The quantitative estimate of drug-likeness (QED) is 0.786. The number of ketones is 1. The first-order valence-electron chi connectivity index (χ1n) is 4.82. The maximum atomic E-state index is 11.9. The van der Waals surface area contributed by atoms with Crippen molar-refractivity contribution in [1.29, 1.82) is 0 Å². The summed E-state index contributed by atoms with van der Waals surface area (Å²) in [5.41, 5.74) is 1.29. The molecule has 0 atom stereocenters. The molecule has 0 saturated carbocycles. The molecule has 16 heavy (non-hydrogen) atoms. The largest absolute Gasteiger partial charge is 0.506 e. The Labute approximate surface area is 92.9 Å². The summed E-state index contributed by atoms with van der Waals surface area (Å²) in [6.45, 7) is 0.167. The Morgan fingerprint density at radius 1 is 1.38 bits per heavy atom. The fourth-order valence-corrected chi connectivity index (χ4v) is 1.61. The second kappa shape index (κ2) is 4.28. The minimum atomic E-state index is -0.201. The van der Waals surface area contributed by atoms with E-state index in [0.29, 0.717) is 11.1 Å². The minimum Gasteiger partial charge on any atom is -0.506 e. The number of carbonyl (C=O) groups excluding carboxylic acids is 1. The van der Waals surface area contributed by atoms with Crippen LogP contribution in [0.3, 0.4) is 0 Å². The van der Waals surface area contributed by atoms with Crippen LogP contribution in [0.2, 0.25) is 0 Å².